The van der Waals surface area contributed by atoms with E-state index < -0.39 is 11.9 Å². The van der Waals surface area contributed by atoms with Gasteiger partial charge in [-0.3, -0.25) is 9.59 Å². The molecule has 0 heterocycles. The summed E-state index contributed by atoms with van der Waals surface area (Å²) in [5, 5.41) is 17.2. The van der Waals surface area contributed by atoms with E-state index in [1.165, 1.54) is 6.42 Å². The van der Waals surface area contributed by atoms with Crippen LogP contribution in [-0.4, -0.2) is 41.6 Å². The van der Waals surface area contributed by atoms with Gasteiger partial charge in [-0.25, -0.2) is 4.79 Å². The number of urea groups is 1. The summed E-state index contributed by atoms with van der Waals surface area (Å²) in [4.78, 5) is 34.6. The molecule has 0 radical (unpaired) electrons. The lowest BCUT2D eigenvalue weighted by Crippen LogP contribution is -2.48. The van der Waals surface area contributed by atoms with Gasteiger partial charge in [0.15, 0.2) is 0 Å². The van der Waals surface area contributed by atoms with Gasteiger partial charge in [0.25, 0.3) is 0 Å². The molecule has 3 amide bonds. The Morgan fingerprint density at radius 3 is 2.32 bits per heavy atom. The second kappa shape index (κ2) is 8.00. The zero-order valence-corrected chi connectivity index (χ0v) is 12.8. The molecule has 0 bridgehead atoms. The Kier molecular flexibility index (Phi) is 6.03. The number of nitrogens with one attached hydrogen (secondary N) is 3. The van der Waals surface area contributed by atoms with Crippen LogP contribution in [0.15, 0.2) is 0 Å². The third-order valence-corrected chi connectivity index (χ3v) is 4.53. The summed E-state index contributed by atoms with van der Waals surface area (Å²) >= 11 is 0. The fourth-order valence-electron chi connectivity index (χ4n) is 3.33. The third-order valence-electron chi connectivity index (χ3n) is 4.53. The first-order valence-electron chi connectivity index (χ1n) is 8.13. The number of amides is 3. The van der Waals surface area contributed by atoms with Crippen molar-refractivity contribution in [2.24, 2.45) is 5.92 Å². The van der Waals surface area contributed by atoms with Crippen molar-refractivity contribution in [1.82, 2.24) is 16.0 Å². The molecule has 4 N–H and O–H groups in total. The molecular weight excluding hydrogens is 286 g/mol. The molecule has 7 nitrogen and oxygen atoms in total. The molecule has 0 spiro atoms. The van der Waals surface area contributed by atoms with Gasteiger partial charge in [0.2, 0.25) is 5.91 Å². The van der Waals surface area contributed by atoms with E-state index in [2.05, 4.69) is 16.0 Å². The maximum absolute atomic E-state index is 11.8. The second-order valence-corrected chi connectivity index (χ2v) is 6.21. The number of carboxylic acids is 1. The summed E-state index contributed by atoms with van der Waals surface area (Å²) in [6.07, 6.45) is 7.52. The average molecular weight is 311 g/mol. The van der Waals surface area contributed by atoms with E-state index in [1.807, 2.05) is 0 Å². The van der Waals surface area contributed by atoms with Crippen molar-refractivity contribution in [1.29, 1.82) is 0 Å². The first-order valence-corrected chi connectivity index (χ1v) is 8.13. The van der Waals surface area contributed by atoms with Crippen molar-refractivity contribution in [3.05, 3.63) is 0 Å². The number of aliphatic carboxylic acids is 1. The number of hydrogen-bond donors (Lipinski definition) is 4. The number of carbonyl (C=O) groups excluding carboxylic acids is 2. The second-order valence-electron chi connectivity index (χ2n) is 6.21. The minimum absolute atomic E-state index is 0.124. The van der Waals surface area contributed by atoms with Crippen molar-refractivity contribution in [3.63, 3.8) is 0 Å². The number of rotatable bonds is 5. The van der Waals surface area contributed by atoms with E-state index in [1.54, 1.807) is 0 Å². The van der Waals surface area contributed by atoms with Gasteiger partial charge in [0, 0.05) is 12.1 Å². The molecule has 124 valence electrons. The number of hydrogen-bond acceptors (Lipinski definition) is 3. The minimum atomic E-state index is -0.870. The van der Waals surface area contributed by atoms with Gasteiger partial charge < -0.3 is 21.1 Å². The maximum atomic E-state index is 11.8. The molecule has 2 saturated carbocycles. The van der Waals surface area contributed by atoms with Gasteiger partial charge in [-0.15, -0.1) is 0 Å². The van der Waals surface area contributed by atoms with Crippen molar-refractivity contribution in [2.75, 3.05) is 6.54 Å². The molecule has 0 aromatic carbocycles. The third kappa shape index (κ3) is 4.89. The van der Waals surface area contributed by atoms with Crippen LogP contribution in [0.2, 0.25) is 0 Å². The Labute approximate surface area is 130 Å². The highest BCUT2D eigenvalue weighted by Gasteiger charge is 2.33. The highest BCUT2D eigenvalue weighted by atomic mass is 16.4. The largest absolute Gasteiger partial charge is 0.481 e. The van der Waals surface area contributed by atoms with Gasteiger partial charge in [0.1, 0.15) is 0 Å². The summed E-state index contributed by atoms with van der Waals surface area (Å²) in [7, 11) is 0. The van der Waals surface area contributed by atoms with Gasteiger partial charge in [-0.05, 0) is 25.7 Å². The highest BCUT2D eigenvalue weighted by molar-refractivity contribution is 5.84. The van der Waals surface area contributed by atoms with E-state index >= 15 is 0 Å². The molecule has 2 atom stereocenters. The molecule has 0 aromatic rings. The van der Waals surface area contributed by atoms with E-state index in [4.69, 9.17) is 5.11 Å². The molecule has 7 heteroatoms. The first-order chi connectivity index (χ1) is 10.6. The molecule has 0 saturated heterocycles. The standard InChI is InChI=1S/C15H25N3O4/c19-13(18-12-8-4-7-11(12)14(20)21)9-16-15(22)17-10-5-2-1-3-6-10/h10-12H,1-9H2,(H,18,19)(H,20,21)(H2,16,17,22)/t11-,12+/m1/s1. The van der Waals surface area contributed by atoms with E-state index in [0.717, 1.165) is 32.1 Å². The summed E-state index contributed by atoms with van der Waals surface area (Å²) < 4.78 is 0. The minimum Gasteiger partial charge on any atom is -0.481 e. The SMILES string of the molecule is O=C(CNC(=O)NC1CCCCC1)N[C@H]1CCC[C@H]1C(=O)O. The lowest BCUT2D eigenvalue weighted by atomic mass is 9.96. The zero-order chi connectivity index (χ0) is 15.9. The Morgan fingerprint density at radius 1 is 0.909 bits per heavy atom. The predicted octanol–water partition coefficient (Wildman–Crippen LogP) is 0.988. The van der Waals surface area contributed by atoms with Crippen molar-refractivity contribution < 1.29 is 19.5 Å². The van der Waals surface area contributed by atoms with Gasteiger partial charge in [-0.2, -0.15) is 0 Å². The molecule has 2 aliphatic rings. The fraction of sp³-hybridized carbons (Fsp3) is 0.800. The van der Waals surface area contributed by atoms with Gasteiger partial charge in [0.05, 0.1) is 12.5 Å². The van der Waals surface area contributed by atoms with Gasteiger partial charge >= 0.3 is 12.0 Å². The van der Waals surface area contributed by atoms with Crippen LogP contribution in [-0.2, 0) is 9.59 Å². The first kappa shape index (κ1) is 16.6. The van der Waals surface area contributed by atoms with Crippen LogP contribution in [0.4, 0.5) is 4.79 Å². The smallest absolute Gasteiger partial charge is 0.315 e. The Morgan fingerprint density at radius 2 is 1.64 bits per heavy atom. The van der Waals surface area contributed by atoms with Crippen molar-refractivity contribution in [3.8, 4) is 0 Å². The van der Waals surface area contributed by atoms with Crippen molar-refractivity contribution in [2.45, 2.75) is 63.5 Å². The zero-order valence-electron chi connectivity index (χ0n) is 12.8. The van der Waals surface area contributed by atoms with Crippen LogP contribution < -0.4 is 16.0 Å². The summed E-state index contributed by atoms with van der Waals surface area (Å²) in [6, 6.07) is -0.459. The average Bonchev–Trinajstić information content (AvgIpc) is 2.94. The van der Waals surface area contributed by atoms with E-state index in [-0.39, 0.29) is 30.6 Å². The molecular formula is C15H25N3O4. The predicted molar refractivity (Wildman–Crippen MR) is 80.3 cm³/mol. The molecule has 0 unspecified atom stereocenters. The summed E-state index contributed by atoms with van der Waals surface area (Å²) in [5.74, 6) is -1.72. The Balaban J connectivity index is 1.66. The van der Waals surface area contributed by atoms with Gasteiger partial charge in [-0.1, -0.05) is 25.7 Å². The molecule has 0 aromatic heterocycles. The van der Waals surface area contributed by atoms with E-state index in [9.17, 15) is 14.4 Å². The fourth-order valence-corrected chi connectivity index (χ4v) is 3.33. The van der Waals surface area contributed by atoms with E-state index in [0.29, 0.717) is 12.8 Å². The molecule has 2 fully saturated rings. The molecule has 0 aliphatic heterocycles. The quantitative estimate of drug-likeness (QED) is 0.607. The Hall–Kier alpha value is -1.79. The van der Waals surface area contributed by atoms with Crippen LogP contribution in [0.1, 0.15) is 51.4 Å². The number of carbonyl (C=O) groups is 3. The molecule has 22 heavy (non-hydrogen) atoms. The topological polar surface area (TPSA) is 108 Å². The van der Waals surface area contributed by atoms with Crippen LogP contribution in [0.5, 0.6) is 0 Å². The lowest BCUT2D eigenvalue weighted by Gasteiger charge is -2.23. The molecule has 2 aliphatic carbocycles. The van der Waals surface area contributed by atoms with Crippen LogP contribution in [0.3, 0.4) is 0 Å². The van der Waals surface area contributed by atoms with Crippen LogP contribution >= 0.6 is 0 Å². The highest BCUT2D eigenvalue weighted by Crippen LogP contribution is 2.25. The van der Waals surface area contributed by atoms with Crippen molar-refractivity contribution >= 4 is 17.9 Å². The Bertz CT molecular complexity index is 421. The normalized spacial score (nSPS) is 25.5. The van der Waals surface area contributed by atoms with Crippen LogP contribution in [0.25, 0.3) is 0 Å². The monoisotopic (exact) mass is 311 g/mol. The molecule has 2 rings (SSSR count). The van der Waals surface area contributed by atoms with Crippen LogP contribution in [0, 0.1) is 5.92 Å². The lowest BCUT2D eigenvalue weighted by molar-refractivity contribution is -0.142. The summed E-state index contributed by atoms with van der Waals surface area (Å²) in [5.41, 5.74) is 0. The maximum Gasteiger partial charge on any atom is 0.315 e. The summed E-state index contributed by atoms with van der Waals surface area (Å²) in [6.45, 7) is -0.124. The number of carboxylic acid groups (broad SMARTS) is 1.